The van der Waals surface area contributed by atoms with Crippen molar-refractivity contribution in [3.8, 4) is 6.07 Å². The first-order chi connectivity index (χ1) is 6.57. The lowest BCUT2D eigenvalue weighted by Crippen LogP contribution is -2.45. The lowest BCUT2D eigenvalue weighted by atomic mass is 10.3. The summed E-state index contributed by atoms with van der Waals surface area (Å²) >= 11 is 0. The second-order valence-corrected chi connectivity index (χ2v) is 3.30. The van der Waals surface area contributed by atoms with Crippen LogP contribution < -0.4 is 5.32 Å². The van der Waals surface area contributed by atoms with Gasteiger partial charge in [0, 0.05) is 32.1 Å². The lowest BCUT2D eigenvalue weighted by molar-refractivity contribution is 0.139. The second kappa shape index (κ2) is 7.15. The van der Waals surface area contributed by atoms with Crippen LogP contribution in [0.5, 0.6) is 0 Å². The number of amides is 1. The summed E-state index contributed by atoms with van der Waals surface area (Å²) in [7, 11) is 0. The highest BCUT2D eigenvalue weighted by molar-refractivity contribution is 5.65. The fourth-order valence-electron chi connectivity index (χ4n) is 0.856. The van der Waals surface area contributed by atoms with E-state index >= 15 is 0 Å². The van der Waals surface area contributed by atoms with Gasteiger partial charge in [-0.15, -0.1) is 0 Å². The van der Waals surface area contributed by atoms with Crippen molar-refractivity contribution in [3.63, 3.8) is 0 Å². The number of carbonyl (C=O) groups is 1. The van der Waals surface area contributed by atoms with Gasteiger partial charge in [-0.25, -0.2) is 4.79 Å². The highest BCUT2D eigenvalue weighted by Crippen LogP contribution is 1.90. The number of hydrogen-bond acceptors (Lipinski definition) is 3. The van der Waals surface area contributed by atoms with Crippen LogP contribution in [0, 0.1) is 17.2 Å². The molecule has 0 unspecified atom stereocenters. The van der Waals surface area contributed by atoms with E-state index in [1.54, 1.807) is 0 Å². The van der Waals surface area contributed by atoms with Crippen molar-refractivity contribution in [2.24, 2.45) is 5.92 Å². The quantitative estimate of drug-likeness (QED) is 0.603. The molecule has 0 saturated carbocycles. The highest BCUT2D eigenvalue weighted by atomic mass is 16.4. The van der Waals surface area contributed by atoms with Gasteiger partial charge in [0.1, 0.15) is 0 Å². The number of rotatable bonds is 0. The first-order valence-electron chi connectivity index (χ1n) is 4.66. The van der Waals surface area contributed by atoms with E-state index in [9.17, 15) is 4.79 Å². The molecule has 5 nitrogen and oxygen atoms in total. The molecule has 1 saturated heterocycles. The number of piperazine rings is 1. The Morgan fingerprint density at radius 2 is 1.93 bits per heavy atom. The molecule has 0 aromatic carbocycles. The Hall–Kier alpha value is -1.28. The van der Waals surface area contributed by atoms with Crippen LogP contribution in [0.25, 0.3) is 0 Å². The maximum absolute atomic E-state index is 10.3. The summed E-state index contributed by atoms with van der Waals surface area (Å²) in [5.74, 6) is 0.190. The van der Waals surface area contributed by atoms with Gasteiger partial charge in [0.25, 0.3) is 0 Å². The average molecular weight is 199 g/mol. The standard InChI is InChI=1S/C5H10N2O2.C4H7N/c8-5(9)7-3-1-6-2-4-7;1-4(2)3-5/h6H,1-4H2,(H,8,9);4H,1-2H3. The van der Waals surface area contributed by atoms with Crippen LogP contribution in [0.4, 0.5) is 4.79 Å². The number of hydrogen-bond donors (Lipinski definition) is 2. The van der Waals surface area contributed by atoms with E-state index in [0.29, 0.717) is 13.1 Å². The van der Waals surface area contributed by atoms with Crippen molar-refractivity contribution in [2.75, 3.05) is 26.2 Å². The van der Waals surface area contributed by atoms with Crippen molar-refractivity contribution < 1.29 is 9.90 Å². The monoisotopic (exact) mass is 199 g/mol. The normalized spacial score (nSPS) is 15.4. The maximum Gasteiger partial charge on any atom is 0.407 e. The molecule has 0 atom stereocenters. The molecule has 0 spiro atoms. The zero-order chi connectivity index (χ0) is 11.0. The Bertz CT molecular complexity index is 205. The van der Waals surface area contributed by atoms with E-state index in [2.05, 4.69) is 5.32 Å². The molecule has 1 rings (SSSR count). The summed E-state index contributed by atoms with van der Waals surface area (Å²) in [5.41, 5.74) is 0. The molecule has 1 heterocycles. The van der Waals surface area contributed by atoms with E-state index in [4.69, 9.17) is 10.4 Å². The molecule has 1 fully saturated rings. The van der Waals surface area contributed by atoms with Crippen LogP contribution in [0.2, 0.25) is 0 Å². The predicted octanol–water partition coefficient (Wildman–Crippen LogP) is 0.736. The molecule has 14 heavy (non-hydrogen) atoms. The van der Waals surface area contributed by atoms with Gasteiger partial charge < -0.3 is 15.3 Å². The third-order valence-electron chi connectivity index (χ3n) is 1.65. The molecular formula is C9H17N3O2. The molecule has 0 aromatic rings. The maximum atomic E-state index is 10.3. The Kier molecular flexibility index (Phi) is 6.50. The number of carboxylic acid groups (broad SMARTS) is 1. The second-order valence-electron chi connectivity index (χ2n) is 3.30. The smallest absolute Gasteiger partial charge is 0.407 e. The van der Waals surface area contributed by atoms with Crippen LogP contribution in [0.15, 0.2) is 0 Å². The number of nitrogens with one attached hydrogen (secondary N) is 1. The molecule has 1 aliphatic heterocycles. The first kappa shape index (κ1) is 12.7. The van der Waals surface area contributed by atoms with Gasteiger partial charge >= 0.3 is 6.09 Å². The van der Waals surface area contributed by atoms with Gasteiger partial charge in [-0.2, -0.15) is 5.26 Å². The summed E-state index contributed by atoms with van der Waals surface area (Å²) in [5, 5.41) is 19.4. The number of nitriles is 1. The summed E-state index contributed by atoms with van der Waals surface area (Å²) in [4.78, 5) is 11.7. The molecular weight excluding hydrogens is 182 g/mol. The molecule has 0 aromatic heterocycles. The average Bonchev–Trinajstić information content (AvgIpc) is 2.20. The zero-order valence-corrected chi connectivity index (χ0v) is 8.66. The largest absolute Gasteiger partial charge is 0.465 e. The molecule has 2 N–H and O–H groups in total. The Balaban J connectivity index is 0.000000292. The molecule has 1 aliphatic rings. The van der Waals surface area contributed by atoms with Crippen LogP contribution in [0.3, 0.4) is 0 Å². The van der Waals surface area contributed by atoms with E-state index < -0.39 is 6.09 Å². The molecule has 1 amide bonds. The third kappa shape index (κ3) is 6.26. The van der Waals surface area contributed by atoms with E-state index in [1.807, 2.05) is 19.9 Å². The fourth-order valence-corrected chi connectivity index (χ4v) is 0.856. The summed E-state index contributed by atoms with van der Waals surface area (Å²) in [6.07, 6.45) is -0.809. The zero-order valence-electron chi connectivity index (χ0n) is 8.66. The summed E-state index contributed by atoms with van der Waals surface area (Å²) < 4.78 is 0. The summed E-state index contributed by atoms with van der Waals surface area (Å²) in [6.45, 7) is 6.53. The van der Waals surface area contributed by atoms with Crippen molar-refractivity contribution >= 4 is 6.09 Å². The van der Waals surface area contributed by atoms with Crippen molar-refractivity contribution in [3.05, 3.63) is 0 Å². The topological polar surface area (TPSA) is 76.4 Å². The first-order valence-corrected chi connectivity index (χ1v) is 4.66. The Labute approximate surface area is 84.3 Å². The molecule has 0 aliphatic carbocycles. The minimum Gasteiger partial charge on any atom is -0.465 e. The number of nitrogens with zero attached hydrogens (tertiary/aromatic N) is 2. The molecule has 5 heteroatoms. The van der Waals surface area contributed by atoms with E-state index in [0.717, 1.165) is 13.1 Å². The minimum absolute atomic E-state index is 0.190. The van der Waals surface area contributed by atoms with Gasteiger partial charge in [0.05, 0.1) is 6.07 Å². The van der Waals surface area contributed by atoms with Gasteiger partial charge in [0.15, 0.2) is 0 Å². The van der Waals surface area contributed by atoms with Crippen LogP contribution in [0.1, 0.15) is 13.8 Å². The SMILES string of the molecule is CC(C)C#N.O=C(O)N1CCNCC1. The molecule has 0 radical (unpaired) electrons. The predicted molar refractivity (Wildman–Crippen MR) is 52.9 cm³/mol. The van der Waals surface area contributed by atoms with Gasteiger partial charge in [-0.3, -0.25) is 0 Å². The lowest BCUT2D eigenvalue weighted by Gasteiger charge is -2.23. The summed E-state index contributed by atoms with van der Waals surface area (Å²) in [6, 6.07) is 2.03. The molecule has 80 valence electrons. The Morgan fingerprint density at radius 3 is 2.14 bits per heavy atom. The van der Waals surface area contributed by atoms with Crippen LogP contribution in [-0.4, -0.2) is 42.3 Å². The highest BCUT2D eigenvalue weighted by Gasteiger charge is 2.13. The Morgan fingerprint density at radius 1 is 1.50 bits per heavy atom. The third-order valence-corrected chi connectivity index (χ3v) is 1.65. The van der Waals surface area contributed by atoms with Crippen LogP contribution >= 0.6 is 0 Å². The van der Waals surface area contributed by atoms with Crippen molar-refractivity contribution in [2.45, 2.75) is 13.8 Å². The van der Waals surface area contributed by atoms with Gasteiger partial charge in [-0.1, -0.05) is 0 Å². The van der Waals surface area contributed by atoms with Crippen LogP contribution in [-0.2, 0) is 0 Å². The van der Waals surface area contributed by atoms with Crippen molar-refractivity contribution in [1.82, 2.24) is 10.2 Å². The molecule has 0 bridgehead atoms. The minimum atomic E-state index is -0.809. The van der Waals surface area contributed by atoms with Gasteiger partial charge in [-0.05, 0) is 13.8 Å². The van der Waals surface area contributed by atoms with Gasteiger partial charge in [0.2, 0.25) is 0 Å². The fraction of sp³-hybridized carbons (Fsp3) is 0.778. The van der Waals surface area contributed by atoms with E-state index in [1.165, 1.54) is 4.90 Å². The van der Waals surface area contributed by atoms with Crippen molar-refractivity contribution in [1.29, 1.82) is 5.26 Å². The van der Waals surface area contributed by atoms with E-state index in [-0.39, 0.29) is 5.92 Å².